The predicted octanol–water partition coefficient (Wildman–Crippen LogP) is -2.06. The number of hydrogen-bond donors (Lipinski definition) is 0. The molecule has 1 aliphatic rings. The molecule has 114 valence electrons. The van der Waals surface area contributed by atoms with E-state index in [1.54, 1.807) is 0 Å². The Labute approximate surface area is 139 Å². The zero-order chi connectivity index (χ0) is 13.8. The van der Waals surface area contributed by atoms with Crippen molar-refractivity contribution in [3.05, 3.63) is 23.7 Å². The van der Waals surface area contributed by atoms with Crippen LogP contribution in [0.25, 0.3) is 0 Å². The van der Waals surface area contributed by atoms with Crippen LogP contribution in [0.1, 0.15) is 31.8 Å². The van der Waals surface area contributed by atoms with Gasteiger partial charge in [0.05, 0.1) is 13.1 Å². The normalized spacial score (nSPS) is 16.3. The van der Waals surface area contributed by atoms with Gasteiger partial charge >= 0.3 is 18.9 Å². The minimum absolute atomic E-state index is 0. The van der Waals surface area contributed by atoms with Crippen LogP contribution in [-0.2, 0) is 17.9 Å². The maximum absolute atomic E-state index is 10.8. The predicted molar refractivity (Wildman–Crippen MR) is 75.8 cm³/mol. The van der Waals surface area contributed by atoms with Gasteiger partial charge in [0.15, 0.2) is 0 Å². The van der Waals surface area contributed by atoms with Gasteiger partial charge in [-0.05, 0) is 52.2 Å². The average Bonchev–Trinajstić information content (AvgIpc) is 2.76. The summed E-state index contributed by atoms with van der Waals surface area (Å²) in [6.45, 7) is 3.14. The standard InChI is InChI=1S/C14H22N2O3.CH4.Li/c1-15(2)9-12-3-4-13(19-12)10-16-7-5-11(6-8-16)14(17)18;;/h3-4,11H,5-10H2,1-2H3,(H,17,18);1H4;/q;;+1/p-1. The molecule has 1 aromatic heterocycles. The summed E-state index contributed by atoms with van der Waals surface area (Å²) < 4.78 is 5.76. The number of hydrogen-bond acceptors (Lipinski definition) is 5. The number of carboxylic acids is 1. The summed E-state index contributed by atoms with van der Waals surface area (Å²) in [4.78, 5) is 15.1. The molecule has 1 fully saturated rings. The summed E-state index contributed by atoms with van der Waals surface area (Å²) in [6, 6.07) is 4.01. The fraction of sp³-hybridized carbons (Fsp3) is 0.667. The van der Waals surface area contributed by atoms with E-state index in [0.717, 1.165) is 37.7 Å². The third-order valence-corrected chi connectivity index (χ3v) is 3.49. The van der Waals surface area contributed by atoms with E-state index in [9.17, 15) is 9.90 Å². The molecule has 0 amide bonds. The summed E-state index contributed by atoms with van der Waals surface area (Å²) in [5.74, 6) is 0.719. The Kier molecular flexibility index (Phi) is 8.99. The van der Waals surface area contributed by atoms with Crippen molar-refractivity contribution in [3.8, 4) is 0 Å². The van der Waals surface area contributed by atoms with Crippen molar-refractivity contribution in [2.24, 2.45) is 5.92 Å². The first-order valence-corrected chi connectivity index (χ1v) is 6.70. The number of aliphatic carboxylic acids is 1. The zero-order valence-electron chi connectivity index (χ0n) is 12.6. The third-order valence-electron chi connectivity index (χ3n) is 3.49. The van der Waals surface area contributed by atoms with Crippen LogP contribution in [-0.4, -0.2) is 43.0 Å². The van der Waals surface area contributed by atoms with Crippen molar-refractivity contribution >= 4 is 5.97 Å². The first-order valence-electron chi connectivity index (χ1n) is 6.70. The Morgan fingerprint density at radius 1 is 1.33 bits per heavy atom. The molecule has 1 saturated heterocycles. The number of nitrogens with zero attached hydrogens (tertiary/aromatic N) is 2. The number of piperidine rings is 1. The van der Waals surface area contributed by atoms with Gasteiger partial charge < -0.3 is 19.2 Å². The molecule has 2 heterocycles. The van der Waals surface area contributed by atoms with Crippen LogP contribution < -0.4 is 24.0 Å². The van der Waals surface area contributed by atoms with Gasteiger partial charge in [0.1, 0.15) is 11.5 Å². The number of carbonyl (C=O) groups excluding carboxylic acids is 1. The second-order valence-corrected chi connectivity index (χ2v) is 5.48. The molecule has 0 radical (unpaired) electrons. The van der Waals surface area contributed by atoms with Crippen LogP contribution in [0.2, 0.25) is 0 Å². The summed E-state index contributed by atoms with van der Waals surface area (Å²) in [5, 5.41) is 10.8. The van der Waals surface area contributed by atoms with Gasteiger partial charge in [0, 0.05) is 11.9 Å². The van der Waals surface area contributed by atoms with E-state index >= 15 is 0 Å². The molecule has 1 aromatic rings. The van der Waals surface area contributed by atoms with Gasteiger partial charge in [0.25, 0.3) is 0 Å². The second-order valence-electron chi connectivity index (χ2n) is 5.48. The minimum atomic E-state index is -0.911. The van der Waals surface area contributed by atoms with E-state index < -0.39 is 5.97 Å². The largest absolute Gasteiger partial charge is 1.00 e. The molecular weight excluding hydrogens is 263 g/mol. The van der Waals surface area contributed by atoms with E-state index in [0.29, 0.717) is 12.8 Å². The molecule has 0 bridgehead atoms. The fourth-order valence-corrected chi connectivity index (χ4v) is 2.45. The number of carboxylic acid groups (broad SMARTS) is 1. The second kappa shape index (κ2) is 9.32. The fourth-order valence-electron chi connectivity index (χ4n) is 2.45. The zero-order valence-corrected chi connectivity index (χ0v) is 12.6. The molecular formula is C15H25LiN2O3. The molecule has 6 heteroatoms. The van der Waals surface area contributed by atoms with E-state index in [2.05, 4.69) is 9.80 Å². The number of rotatable bonds is 5. The minimum Gasteiger partial charge on any atom is -0.550 e. The van der Waals surface area contributed by atoms with Crippen LogP contribution in [0.3, 0.4) is 0 Å². The van der Waals surface area contributed by atoms with Crippen molar-refractivity contribution in [3.63, 3.8) is 0 Å². The summed E-state index contributed by atoms with van der Waals surface area (Å²) in [7, 11) is 4.01. The smallest absolute Gasteiger partial charge is 0.550 e. The van der Waals surface area contributed by atoms with Gasteiger partial charge in [-0.1, -0.05) is 7.43 Å². The quantitative estimate of drug-likeness (QED) is 0.583. The van der Waals surface area contributed by atoms with Crippen molar-refractivity contribution in [1.82, 2.24) is 9.80 Å². The van der Waals surface area contributed by atoms with Crippen molar-refractivity contribution in [2.45, 2.75) is 33.4 Å². The molecule has 0 N–H and O–H groups in total. The van der Waals surface area contributed by atoms with Gasteiger partial charge in [-0.15, -0.1) is 0 Å². The van der Waals surface area contributed by atoms with E-state index in [1.165, 1.54) is 0 Å². The Morgan fingerprint density at radius 3 is 2.43 bits per heavy atom. The number of likely N-dealkylation sites (tertiary alicyclic amines) is 1. The Balaban J connectivity index is 0.00000200. The molecule has 2 rings (SSSR count). The Morgan fingerprint density at radius 2 is 1.90 bits per heavy atom. The summed E-state index contributed by atoms with van der Waals surface area (Å²) in [5.41, 5.74) is 0. The molecule has 0 aromatic carbocycles. The topological polar surface area (TPSA) is 59.8 Å². The van der Waals surface area contributed by atoms with Crippen molar-refractivity contribution < 1.29 is 33.2 Å². The van der Waals surface area contributed by atoms with E-state index in [-0.39, 0.29) is 32.2 Å². The molecule has 0 spiro atoms. The maximum atomic E-state index is 10.8. The molecule has 0 aliphatic carbocycles. The molecule has 21 heavy (non-hydrogen) atoms. The van der Waals surface area contributed by atoms with Crippen LogP contribution in [0, 0.1) is 5.92 Å². The van der Waals surface area contributed by atoms with Crippen LogP contribution in [0.15, 0.2) is 16.5 Å². The molecule has 5 nitrogen and oxygen atoms in total. The average molecular weight is 288 g/mol. The van der Waals surface area contributed by atoms with Gasteiger partial charge in [0.2, 0.25) is 0 Å². The Bertz CT molecular complexity index is 426. The number of furan rings is 1. The van der Waals surface area contributed by atoms with Crippen LogP contribution >= 0.6 is 0 Å². The SMILES string of the molecule is C.CN(C)Cc1ccc(CN2CCC(C(=O)[O-])CC2)o1.[Li+]. The molecule has 0 unspecified atom stereocenters. The maximum Gasteiger partial charge on any atom is 1.00 e. The molecule has 1 aliphatic heterocycles. The van der Waals surface area contributed by atoms with Crippen LogP contribution in [0.5, 0.6) is 0 Å². The summed E-state index contributed by atoms with van der Waals surface area (Å²) >= 11 is 0. The Hall–Kier alpha value is -0.733. The molecule has 0 saturated carbocycles. The first kappa shape index (κ1) is 20.3. The summed E-state index contributed by atoms with van der Waals surface area (Å²) in [6.07, 6.45) is 1.35. The van der Waals surface area contributed by atoms with Gasteiger partial charge in [-0.2, -0.15) is 0 Å². The monoisotopic (exact) mass is 288 g/mol. The molecule has 0 atom stereocenters. The number of carbonyl (C=O) groups is 1. The van der Waals surface area contributed by atoms with Crippen molar-refractivity contribution in [1.29, 1.82) is 0 Å². The first-order chi connectivity index (χ1) is 9.04. The van der Waals surface area contributed by atoms with Gasteiger partial charge in [-0.3, -0.25) is 4.90 Å². The third kappa shape index (κ3) is 6.27. The van der Waals surface area contributed by atoms with Crippen LogP contribution in [0.4, 0.5) is 0 Å². The van der Waals surface area contributed by atoms with Gasteiger partial charge in [-0.25, -0.2) is 0 Å². The van der Waals surface area contributed by atoms with Crippen molar-refractivity contribution in [2.75, 3.05) is 27.2 Å². The van der Waals surface area contributed by atoms with E-state index in [1.807, 2.05) is 26.2 Å². The van der Waals surface area contributed by atoms with E-state index in [4.69, 9.17) is 4.42 Å².